The molecule has 0 bridgehead atoms. The maximum Gasteiger partial charge on any atom is 0.255 e. The van der Waals surface area contributed by atoms with E-state index in [0.717, 1.165) is 25.3 Å². The van der Waals surface area contributed by atoms with Crippen LogP contribution >= 0.6 is 0 Å². The molecule has 2 heterocycles. The SMILES string of the molecule is Cc1c(F)ccc2c1C(=O)NC1CNCCN21. The molecule has 2 aliphatic rings. The van der Waals surface area contributed by atoms with Crippen LogP contribution in [-0.2, 0) is 0 Å². The minimum absolute atomic E-state index is 0.0198. The summed E-state index contributed by atoms with van der Waals surface area (Å²) in [4.78, 5) is 14.1. The van der Waals surface area contributed by atoms with Crippen LogP contribution < -0.4 is 15.5 Å². The van der Waals surface area contributed by atoms with E-state index in [0.29, 0.717) is 11.1 Å². The fourth-order valence-corrected chi connectivity index (χ4v) is 2.54. The zero-order chi connectivity index (χ0) is 12.0. The standard InChI is InChI=1S/C12H14FN3O/c1-7-8(13)2-3-9-11(7)12(17)15-10-6-14-4-5-16(9)10/h2-3,10,14H,4-6H2,1H3,(H,15,17). The van der Waals surface area contributed by atoms with Gasteiger partial charge in [-0.1, -0.05) is 0 Å². The molecule has 3 rings (SSSR count). The summed E-state index contributed by atoms with van der Waals surface area (Å²) in [5.41, 5.74) is 1.75. The summed E-state index contributed by atoms with van der Waals surface area (Å²) in [6.45, 7) is 4.07. The number of amides is 1. The molecule has 1 unspecified atom stereocenters. The Labute approximate surface area is 98.8 Å². The smallest absolute Gasteiger partial charge is 0.255 e. The quantitative estimate of drug-likeness (QED) is 0.692. The monoisotopic (exact) mass is 235 g/mol. The molecule has 1 fully saturated rings. The lowest BCUT2D eigenvalue weighted by Gasteiger charge is -2.42. The van der Waals surface area contributed by atoms with Crippen LogP contribution in [0.2, 0.25) is 0 Å². The number of nitrogens with one attached hydrogen (secondary N) is 2. The molecule has 0 aromatic heterocycles. The molecule has 2 N–H and O–H groups in total. The predicted molar refractivity (Wildman–Crippen MR) is 62.6 cm³/mol. The van der Waals surface area contributed by atoms with Gasteiger partial charge in [0, 0.05) is 19.6 Å². The number of fused-ring (bicyclic) bond motifs is 3. The van der Waals surface area contributed by atoms with Crippen LogP contribution in [0.3, 0.4) is 0 Å². The van der Waals surface area contributed by atoms with Crippen molar-refractivity contribution in [1.29, 1.82) is 0 Å². The minimum Gasteiger partial charge on any atom is -0.348 e. The Bertz CT molecular complexity index is 489. The lowest BCUT2D eigenvalue weighted by Crippen LogP contribution is -2.62. The molecule has 5 heteroatoms. The van der Waals surface area contributed by atoms with Crippen molar-refractivity contribution in [3.63, 3.8) is 0 Å². The third kappa shape index (κ3) is 1.50. The van der Waals surface area contributed by atoms with Crippen molar-refractivity contribution >= 4 is 11.6 Å². The molecule has 2 aliphatic heterocycles. The molecule has 0 saturated carbocycles. The third-order valence-corrected chi connectivity index (χ3v) is 3.45. The number of anilines is 1. The first-order valence-electron chi connectivity index (χ1n) is 5.76. The summed E-state index contributed by atoms with van der Waals surface area (Å²) in [5, 5.41) is 6.13. The minimum atomic E-state index is -0.326. The summed E-state index contributed by atoms with van der Waals surface area (Å²) in [7, 11) is 0. The highest BCUT2D eigenvalue weighted by atomic mass is 19.1. The number of hydrogen-bond acceptors (Lipinski definition) is 3. The summed E-state index contributed by atoms with van der Waals surface area (Å²) < 4.78 is 13.5. The Morgan fingerprint density at radius 1 is 1.47 bits per heavy atom. The first-order valence-corrected chi connectivity index (χ1v) is 5.76. The van der Waals surface area contributed by atoms with E-state index in [4.69, 9.17) is 0 Å². The zero-order valence-corrected chi connectivity index (χ0v) is 9.59. The van der Waals surface area contributed by atoms with E-state index >= 15 is 0 Å². The topological polar surface area (TPSA) is 44.4 Å². The molecular formula is C12H14FN3O. The second-order valence-corrected chi connectivity index (χ2v) is 4.45. The van der Waals surface area contributed by atoms with Gasteiger partial charge in [-0.15, -0.1) is 0 Å². The van der Waals surface area contributed by atoms with Crippen molar-refractivity contribution < 1.29 is 9.18 Å². The van der Waals surface area contributed by atoms with Gasteiger partial charge in [0.25, 0.3) is 5.91 Å². The van der Waals surface area contributed by atoms with E-state index in [2.05, 4.69) is 15.5 Å². The van der Waals surface area contributed by atoms with Crippen LogP contribution in [-0.4, -0.2) is 31.7 Å². The lowest BCUT2D eigenvalue weighted by molar-refractivity contribution is 0.0921. The van der Waals surface area contributed by atoms with Crippen LogP contribution in [0.15, 0.2) is 12.1 Å². The average molecular weight is 235 g/mol. The van der Waals surface area contributed by atoms with Crippen molar-refractivity contribution in [1.82, 2.24) is 10.6 Å². The summed E-state index contributed by atoms with van der Waals surface area (Å²) >= 11 is 0. The predicted octanol–water partition coefficient (Wildman–Crippen LogP) is 0.613. The van der Waals surface area contributed by atoms with Gasteiger partial charge in [0.1, 0.15) is 12.0 Å². The van der Waals surface area contributed by atoms with Gasteiger partial charge in [0.15, 0.2) is 0 Å². The zero-order valence-electron chi connectivity index (χ0n) is 9.59. The average Bonchev–Trinajstić information content (AvgIpc) is 2.33. The van der Waals surface area contributed by atoms with Gasteiger partial charge in [0.2, 0.25) is 0 Å². The number of nitrogens with zero attached hydrogens (tertiary/aromatic N) is 1. The number of benzene rings is 1. The first kappa shape index (κ1) is 10.5. The highest BCUT2D eigenvalue weighted by molar-refractivity contribution is 6.03. The van der Waals surface area contributed by atoms with Gasteiger partial charge in [-0.3, -0.25) is 4.79 Å². The maximum atomic E-state index is 13.5. The van der Waals surface area contributed by atoms with Crippen molar-refractivity contribution in [2.45, 2.75) is 13.1 Å². The fourth-order valence-electron chi connectivity index (χ4n) is 2.54. The van der Waals surface area contributed by atoms with Crippen molar-refractivity contribution in [3.05, 3.63) is 29.1 Å². The Hall–Kier alpha value is -1.62. The molecule has 0 radical (unpaired) electrons. The van der Waals surface area contributed by atoms with Crippen LogP contribution in [0.5, 0.6) is 0 Å². The molecule has 90 valence electrons. The van der Waals surface area contributed by atoms with Crippen LogP contribution in [0.4, 0.5) is 10.1 Å². The first-order chi connectivity index (χ1) is 8.18. The number of carbonyl (C=O) groups excluding carboxylic acids is 1. The highest BCUT2D eigenvalue weighted by Gasteiger charge is 2.33. The lowest BCUT2D eigenvalue weighted by atomic mass is 10.0. The number of carbonyl (C=O) groups is 1. The number of rotatable bonds is 0. The van der Waals surface area contributed by atoms with E-state index in [-0.39, 0.29) is 17.9 Å². The largest absolute Gasteiger partial charge is 0.348 e. The number of piperazine rings is 1. The Morgan fingerprint density at radius 2 is 2.29 bits per heavy atom. The van der Waals surface area contributed by atoms with Gasteiger partial charge < -0.3 is 15.5 Å². The third-order valence-electron chi connectivity index (χ3n) is 3.45. The van der Waals surface area contributed by atoms with Gasteiger partial charge in [-0.2, -0.15) is 0 Å². The van der Waals surface area contributed by atoms with Crippen molar-refractivity contribution in [2.75, 3.05) is 24.5 Å². The van der Waals surface area contributed by atoms with Crippen molar-refractivity contribution in [3.8, 4) is 0 Å². The van der Waals surface area contributed by atoms with E-state index in [9.17, 15) is 9.18 Å². The second-order valence-electron chi connectivity index (χ2n) is 4.45. The number of halogens is 1. The molecular weight excluding hydrogens is 221 g/mol. The highest BCUT2D eigenvalue weighted by Crippen LogP contribution is 2.30. The number of hydrogen-bond donors (Lipinski definition) is 2. The summed E-state index contributed by atoms with van der Waals surface area (Å²) in [6, 6.07) is 3.14. The Balaban J connectivity index is 2.14. The van der Waals surface area contributed by atoms with E-state index in [1.165, 1.54) is 6.07 Å². The molecule has 0 aliphatic carbocycles. The molecule has 1 atom stereocenters. The molecule has 17 heavy (non-hydrogen) atoms. The van der Waals surface area contributed by atoms with E-state index < -0.39 is 0 Å². The van der Waals surface area contributed by atoms with Crippen LogP contribution in [0, 0.1) is 12.7 Å². The van der Waals surface area contributed by atoms with Crippen molar-refractivity contribution in [2.24, 2.45) is 0 Å². The van der Waals surface area contributed by atoms with Crippen LogP contribution in [0.1, 0.15) is 15.9 Å². The van der Waals surface area contributed by atoms with E-state index in [1.54, 1.807) is 13.0 Å². The molecule has 1 amide bonds. The second kappa shape index (κ2) is 3.70. The van der Waals surface area contributed by atoms with Gasteiger partial charge in [-0.25, -0.2) is 4.39 Å². The normalized spacial score (nSPS) is 22.8. The van der Waals surface area contributed by atoms with Gasteiger partial charge in [0.05, 0.1) is 11.3 Å². The molecule has 4 nitrogen and oxygen atoms in total. The summed E-state index contributed by atoms with van der Waals surface area (Å²) in [6.07, 6.45) is -0.0198. The molecule has 1 aromatic carbocycles. The Morgan fingerprint density at radius 3 is 3.12 bits per heavy atom. The van der Waals surface area contributed by atoms with E-state index in [1.807, 2.05) is 0 Å². The van der Waals surface area contributed by atoms with Gasteiger partial charge >= 0.3 is 0 Å². The molecule has 1 aromatic rings. The molecule has 1 saturated heterocycles. The summed E-state index contributed by atoms with van der Waals surface area (Å²) in [5.74, 6) is -0.505. The van der Waals surface area contributed by atoms with Gasteiger partial charge in [-0.05, 0) is 24.6 Å². The maximum absolute atomic E-state index is 13.5. The Kier molecular flexibility index (Phi) is 2.29. The molecule has 0 spiro atoms. The fraction of sp³-hybridized carbons (Fsp3) is 0.417. The van der Waals surface area contributed by atoms with Crippen LogP contribution in [0.25, 0.3) is 0 Å².